The van der Waals surface area contributed by atoms with E-state index < -0.39 is 45.4 Å². The number of carbonyl (C=O) groups excluding carboxylic acids is 2. The fourth-order valence-corrected chi connectivity index (χ4v) is 6.41. The molecule has 2 heterocycles. The van der Waals surface area contributed by atoms with Gasteiger partial charge in [0.2, 0.25) is 5.91 Å². The van der Waals surface area contributed by atoms with E-state index in [4.69, 9.17) is 39.6 Å². The van der Waals surface area contributed by atoms with E-state index in [1.165, 1.54) is 24.3 Å². The average molecular weight is 532 g/mol. The normalized spacial score (nSPS) is 29.0. The summed E-state index contributed by atoms with van der Waals surface area (Å²) in [6.45, 7) is 0. The number of hydrogen-bond acceptors (Lipinski definition) is 4. The number of hydroxylamine groups is 1. The van der Waals surface area contributed by atoms with Crippen LogP contribution in [0.25, 0.3) is 0 Å². The van der Waals surface area contributed by atoms with Gasteiger partial charge in [0, 0.05) is 5.02 Å². The lowest BCUT2D eigenvalue weighted by molar-refractivity contribution is -0.126. The molecule has 0 N–H and O–H groups in total. The fraction of sp³-hybridized carbons (Fsp3) is 0.231. The van der Waals surface area contributed by atoms with E-state index in [0.717, 1.165) is 10.5 Å². The molecule has 178 valence electrons. The van der Waals surface area contributed by atoms with Crippen molar-refractivity contribution in [2.24, 2.45) is 5.92 Å². The van der Waals surface area contributed by atoms with Gasteiger partial charge in [0.1, 0.15) is 16.1 Å². The zero-order valence-corrected chi connectivity index (χ0v) is 20.3. The molecule has 3 aromatic rings. The molecule has 1 aliphatic carbocycles. The van der Waals surface area contributed by atoms with Gasteiger partial charge in [0.15, 0.2) is 6.10 Å². The standard InChI is InChI=1S/C26H18Cl3FN2O3/c27-16-6-10-19(11-7-16)32-22(25(14-26(25,28)29)15-4-2-1-3-5-15)20-21(35-32)24(34)31(23(20)33)18-12-8-17(30)9-13-18/h1-13,20-22H,14H2. The topological polar surface area (TPSA) is 49.9 Å². The van der Waals surface area contributed by atoms with Gasteiger partial charge in [0.25, 0.3) is 5.91 Å². The third-order valence-corrected chi connectivity index (χ3v) is 8.30. The first kappa shape index (κ1) is 22.8. The highest BCUT2D eigenvalue weighted by Crippen LogP contribution is 2.70. The third-order valence-electron chi connectivity index (χ3n) is 7.10. The molecule has 9 heteroatoms. The average Bonchev–Trinajstić information content (AvgIpc) is 3.12. The second-order valence-corrected chi connectivity index (χ2v) is 10.9. The number of rotatable bonds is 4. The van der Waals surface area contributed by atoms with Crippen molar-refractivity contribution in [2.45, 2.75) is 28.3 Å². The highest BCUT2D eigenvalue weighted by atomic mass is 35.5. The highest BCUT2D eigenvalue weighted by molar-refractivity contribution is 6.52. The van der Waals surface area contributed by atoms with Crippen molar-refractivity contribution >= 4 is 58.0 Å². The maximum absolute atomic E-state index is 13.8. The molecular weight excluding hydrogens is 514 g/mol. The first-order valence-corrected chi connectivity index (χ1v) is 12.2. The van der Waals surface area contributed by atoms with E-state index in [9.17, 15) is 14.0 Å². The van der Waals surface area contributed by atoms with Crippen LogP contribution in [0.3, 0.4) is 0 Å². The predicted octanol–water partition coefficient (Wildman–Crippen LogP) is 5.67. The minimum Gasteiger partial charge on any atom is -0.273 e. The van der Waals surface area contributed by atoms with E-state index in [1.54, 1.807) is 29.3 Å². The molecule has 4 atom stereocenters. The lowest BCUT2D eigenvalue weighted by Crippen LogP contribution is -2.49. The number of imide groups is 1. The van der Waals surface area contributed by atoms with Crippen molar-refractivity contribution in [3.8, 4) is 0 Å². The molecule has 0 spiro atoms. The van der Waals surface area contributed by atoms with Crippen LogP contribution in [0.1, 0.15) is 12.0 Å². The number of halogens is 4. The van der Waals surface area contributed by atoms with Gasteiger partial charge in [-0.05, 0) is 60.5 Å². The summed E-state index contributed by atoms with van der Waals surface area (Å²) >= 11 is 19.7. The number of carbonyl (C=O) groups is 2. The summed E-state index contributed by atoms with van der Waals surface area (Å²) in [5, 5.41) is 2.12. The van der Waals surface area contributed by atoms with Crippen LogP contribution in [0.5, 0.6) is 0 Å². The molecule has 5 nitrogen and oxygen atoms in total. The predicted molar refractivity (Wildman–Crippen MR) is 132 cm³/mol. The van der Waals surface area contributed by atoms with Crippen molar-refractivity contribution in [1.82, 2.24) is 0 Å². The van der Waals surface area contributed by atoms with E-state index >= 15 is 0 Å². The molecule has 0 radical (unpaired) electrons. The van der Waals surface area contributed by atoms with Crippen LogP contribution in [0.15, 0.2) is 78.9 Å². The van der Waals surface area contributed by atoms with Gasteiger partial charge in [-0.15, -0.1) is 23.2 Å². The second-order valence-electron chi connectivity index (χ2n) is 9.01. The lowest BCUT2D eigenvalue weighted by atomic mass is 9.79. The van der Waals surface area contributed by atoms with Gasteiger partial charge in [-0.25, -0.2) is 14.4 Å². The molecule has 0 aromatic heterocycles. The molecule has 0 bridgehead atoms. The number of hydrogen-bond donors (Lipinski definition) is 0. The molecule has 3 fully saturated rings. The summed E-state index contributed by atoms with van der Waals surface area (Å²) in [7, 11) is 0. The number of benzene rings is 3. The summed E-state index contributed by atoms with van der Waals surface area (Å²) in [4.78, 5) is 34.6. The van der Waals surface area contributed by atoms with Gasteiger partial charge < -0.3 is 0 Å². The van der Waals surface area contributed by atoms with Gasteiger partial charge in [0.05, 0.1) is 22.8 Å². The second kappa shape index (κ2) is 7.93. The van der Waals surface area contributed by atoms with E-state index in [-0.39, 0.29) is 5.69 Å². The zero-order valence-electron chi connectivity index (χ0n) is 18.1. The largest absolute Gasteiger partial charge is 0.273 e. The van der Waals surface area contributed by atoms with Crippen molar-refractivity contribution < 1.29 is 18.8 Å². The van der Waals surface area contributed by atoms with Gasteiger partial charge in [-0.1, -0.05) is 41.9 Å². The van der Waals surface area contributed by atoms with Crippen LogP contribution in [0, 0.1) is 11.7 Å². The molecule has 2 saturated heterocycles. The Morgan fingerprint density at radius 3 is 2.06 bits per heavy atom. The Balaban J connectivity index is 1.49. The molecular formula is C26H18Cl3FN2O3. The van der Waals surface area contributed by atoms with Crippen LogP contribution in [-0.4, -0.2) is 28.3 Å². The number of nitrogens with zero attached hydrogens (tertiary/aromatic N) is 2. The van der Waals surface area contributed by atoms with Crippen molar-refractivity contribution in [1.29, 1.82) is 0 Å². The highest BCUT2D eigenvalue weighted by Gasteiger charge is 2.78. The monoisotopic (exact) mass is 530 g/mol. The minimum absolute atomic E-state index is 0.281. The quantitative estimate of drug-likeness (QED) is 0.321. The van der Waals surface area contributed by atoms with Gasteiger partial charge >= 0.3 is 0 Å². The number of anilines is 2. The Morgan fingerprint density at radius 2 is 1.46 bits per heavy atom. The maximum Gasteiger partial charge on any atom is 0.266 e. The van der Waals surface area contributed by atoms with Gasteiger partial charge in [-0.3, -0.25) is 14.4 Å². The molecule has 2 amide bonds. The third kappa shape index (κ3) is 3.31. The summed E-state index contributed by atoms with van der Waals surface area (Å²) in [6.07, 6.45) is -0.717. The van der Waals surface area contributed by atoms with Crippen LogP contribution in [0.4, 0.5) is 15.8 Å². The molecule has 4 unspecified atom stereocenters. The van der Waals surface area contributed by atoms with Gasteiger partial charge in [-0.2, -0.15) is 0 Å². The van der Waals surface area contributed by atoms with Crippen LogP contribution in [0.2, 0.25) is 5.02 Å². The smallest absolute Gasteiger partial charge is 0.266 e. The Kier molecular flexibility index (Phi) is 5.17. The Bertz CT molecular complexity index is 1320. The molecule has 2 aliphatic heterocycles. The fourth-order valence-electron chi connectivity index (χ4n) is 5.42. The Hall–Kier alpha value is -2.64. The minimum atomic E-state index is -1.19. The first-order valence-electron chi connectivity index (χ1n) is 11.0. The Morgan fingerprint density at radius 1 is 0.857 bits per heavy atom. The van der Waals surface area contributed by atoms with Crippen LogP contribution < -0.4 is 9.96 Å². The van der Waals surface area contributed by atoms with Crippen molar-refractivity contribution in [3.05, 3.63) is 95.3 Å². The number of fused-ring (bicyclic) bond motifs is 1. The molecule has 3 aromatic carbocycles. The van der Waals surface area contributed by atoms with E-state index in [0.29, 0.717) is 17.1 Å². The zero-order chi connectivity index (χ0) is 24.5. The summed E-state index contributed by atoms with van der Waals surface area (Å²) in [5.41, 5.74) is 0.863. The molecule has 1 saturated carbocycles. The van der Waals surface area contributed by atoms with E-state index in [2.05, 4.69) is 0 Å². The molecule has 6 rings (SSSR count). The first-order chi connectivity index (χ1) is 16.7. The summed E-state index contributed by atoms with van der Waals surface area (Å²) in [6, 6.07) is 20.9. The summed E-state index contributed by atoms with van der Waals surface area (Å²) < 4.78 is 12.3. The number of amides is 2. The molecule has 35 heavy (non-hydrogen) atoms. The van der Waals surface area contributed by atoms with E-state index in [1.807, 2.05) is 30.3 Å². The lowest BCUT2D eigenvalue weighted by Gasteiger charge is -2.35. The van der Waals surface area contributed by atoms with Crippen LogP contribution >= 0.6 is 34.8 Å². The number of alkyl halides is 2. The molecule has 3 aliphatic rings. The maximum atomic E-state index is 13.8. The summed E-state index contributed by atoms with van der Waals surface area (Å²) in [5.74, 6) is -2.32. The SMILES string of the molecule is O=C1C2ON(c3ccc(Cl)cc3)C(C3(c4ccccc4)CC3(Cl)Cl)C2C(=O)N1c1ccc(F)cc1. The van der Waals surface area contributed by atoms with Crippen molar-refractivity contribution in [3.63, 3.8) is 0 Å². The van der Waals surface area contributed by atoms with Crippen LogP contribution in [-0.2, 0) is 19.8 Å². The van der Waals surface area contributed by atoms with Crippen molar-refractivity contribution in [2.75, 3.05) is 9.96 Å². The Labute approximate surface area is 215 Å².